The van der Waals surface area contributed by atoms with Gasteiger partial charge >= 0.3 is 276 Å². The minimum atomic E-state index is 0. The van der Waals surface area contributed by atoms with Crippen molar-refractivity contribution in [1.82, 2.24) is 0 Å². The van der Waals surface area contributed by atoms with Crippen molar-refractivity contribution in [1.29, 1.82) is 0 Å². The molecule has 0 bridgehead atoms. The summed E-state index contributed by atoms with van der Waals surface area (Å²) in [7, 11) is 0. The summed E-state index contributed by atoms with van der Waals surface area (Å²) in [4.78, 5) is 0. The second-order valence-corrected chi connectivity index (χ2v) is 13.2. The number of allylic oxidation sites excluding steroid dienone is 1. The van der Waals surface area contributed by atoms with Gasteiger partial charge in [0, 0.05) is 0 Å². The van der Waals surface area contributed by atoms with Gasteiger partial charge in [0.25, 0.3) is 0 Å². The van der Waals surface area contributed by atoms with Crippen molar-refractivity contribution in [3.05, 3.63) is 206 Å². The topological polar surface area (TPSA) is 0 Å². The van der Waals surface area contributed by atoms with Crippen LogP contribution in [0.3, 0.4) is 0 Å². The number of aryl methyl sites for hydroxylation is 1. The summed E-state index contributed by atoms with van der Waals surface area (Å²) in [6.07, 6.45) is 2.54. The molecule has 8 rings (SSSR count). The van der Waals surface area contributed by atoms with Crippen LogP contribution in [0.15, 0.2) is 146 Å². The van der Waals surface area contributed by atoms with Crippen molar-refractivity contribution in [2.24, 2.45) is 0 Å². The zero-order valence-corrected chi connectivity index (χ0v) is 29.7. The molecule has 6 aromatic carbocycles. The fraction of sp³-hybridized carbons (Fsp3) is 0.0698. The molecule has 0 N–H and O–H groups in total. The van der Waals surface area contributed by atoms with Crippen LogP contribution in [0.4, 0.5) is 0 Å². The molecule has 1 unspecified atom stereocenters. The number of fused-ring (bicyclic) bond motifs is 4. The first-order valence-electron chi connectivity index (χ1n) is 15.3. The Hall–Kier alpha value is -3.74. The van der Waals surface area contributed by atoms with Crippen LogP contribution in [0.1, 0.15) is 56.0 Å². The van der Waals surface area contributed by atoms with E-state index in [9.17, 15) is 0 Å². The van der Waals surface area contributed by atoms with Gasteiger partial charge in [-0.25, -0.2) is 0 Å². The molecule has 0 amide bonds. The van der Waals surface area contributed by atoms with Crippen molar-refractivity contribution in [3.8, 4) is 11.1 Å². The van der Waals surface area contributed by atoms with Crippen molar-refractivity contribution >= 4 is 14.4 Å². The molecule has 0 saturated carbocycles. The molecule has 46 heavy (non-hydrogen) atoms. The molecule has 6 aromatic rings. The van der Waals surface area contributed by atoms with Crippen LogP contribution in [-0.2, 0) is 24.7 Å². The van der Waals surface area contributed by atoms with E-state index < -0.39 is 0 Å². The Morgan fingerprint density at radius 3 is 1.80 bits per heavy atom. The third-order valence-corrected chi connectivity index (χ3v) is 10.6. The van der Waals surface area contributed by atoms with Crippen molar-refractivity contribution in [3.63, 3.8) is 0 Å². The van der Waals surface area contributed by atoms with Crippen LogP contribution < -0.4 is 35.3 Å². The minimum Gasteiger partial charge on any atom is -1.00 e. The minimum absolute atomic E-state index is 0. The number of hydrogen-bond acceptors (Lipinski definition) is 0. The molecule has 2 aliphatic carbocycles. The summed E-state index contributed by atoms with van der Waals surface area (Å²) in [6, 6.07) is 51.3. The number of hydrogen-bond donors (Lipinski definition) is 0. The molecule has 0 saturated heterocycles. The van der Waals surface area contributed by atoms with Crippen LogP contribution in [-0.4, -0.2) is 0 Å². The van der Waals surface area contributed by atoms with Crippen molar-refractivity contribution < 1.29 is 49.5 Å². The van der Waals surface area contributed by atoms with Crippen molar-refractivity contribution in [2.75, 3.05) is 0 Å². The summed E-state index contributed by atoms with van der Waals surface area (Å²) in [5.41, 5.74) is 17.4. The van der Waals surface area contributed by atoms with Gasteiger partial charge in [-0.05, 0) is 0 Å². The van der Waals surface area contributed by atoms with Gasteiger partial charge in [-0.2, -0.15) is 0 Å². The van der Waals surface area contributed by atoms with E-state index in [1.54, 1.807) is 0 Å². The average molecular weight is 710 g/mol. The fourth-order valence-electron chi connectivity index (χ4n) is 7.32. The first kappa shape index (κ1) is 32.2. The third-order valence-electron chi connectivity index (χ3n) is 9.33. The molecule has 0 heterocycles. The molecular weight excluding hydrogens is 679 g/mol. The van der Waals surface area contributed by atoms with Crippen LogP contribution >= 0.6 is 0 Å². The van der Waals surface area contributed by atoms with Gasteiger partial charge in [0.1, 0.15) is 0 Å². The quantitative estimate of drug-likeness (QED) is 0.265. The summed E-state index contributed by atoms with van der Waals surface area (Å²) in [6.45, 7) is 4.58. The van der Waals surface area contributed by atoms with Crippen LogP contribution in [0, 0.1) is 13.8 Å². The molecule has 1 atom stereocenters. The Labute approximate surface area is 298 Å². The van der Waals surface area contributed by atoms with Gasteiger partial charge in [-0.1, -0.05) is 0 Å². The molecule has 0 aliphatic heterocycles. The molecular formula is C43H31Cl2Zr. The SMILES string of the molecule is Cc1ccc2c(c1)[C]([Zr+2])=c1c-2cc(=C(c2ccccc2)c2ccccc2)c(C)c1C1C=C(c2ccccc2)c2ccccc21.[Cl-].[Cl-]. The number of rotatable bonds is 4. The van der Waals surface area contributed by atoms with Gasteiger partial charge < -0.3 is 24.8 Å². The maximum Gasteiger partial charge on any atom is -1.00 e. The standard InChI is InChI=1S/C43H31.2ClH.Zr/c1-28-22-23-34-33(24-28)25-40-39(34)26-37(43(31-16-8-4-9-17-31)32-18-10-5-11-19-32)29(2)42(40)41-27-38(30-14-6-3-7-15-30)35-20-12-13-21-36(35)41;;;/h3-24,26-27,41H,1-2H3;2*1H;/q;;;+2/p-2. The summed E-state index contributed by atoms with van der Waals surface area (Å²) < 4.78 is 1.47. The fourth-order valence-corrected chi connectivity index (χ4v) is 8.49. The largest absolute Gasteiger partial charge is 1.00 e. The van der Waals surface area contributed by atoms with Gasteiger partial charge in [0.05, 0.1) is 0 Å². The Morgan fingerprint density at radius 1 is 0.565 bits per heavy atom. The van der Waals surface area contributed by atoms with Crippen molar-refractivity contribution in [2.45, 2.75) is 19.8 Å². The Kier molecular flexibility index (Phi) is 9.22. The van der Waals surface area contributed by atoms with E-state index in [-0.39, 0.29) is 30.7 Å². The van der Waals surface area contributed by atoms with Gasteiger partial charge in [-0.15, -0.1) is 0 Å². The molecule has 2 aliphatic rings. The average Bonchev–Trinajstić information content (AvgIpc) is 3.58. The second-order valence-electron chi connectivity index (χ2n) is 11.9. The summed E-state index contributed by atoms with van der Waals surface area (Å²) >= 11 is 1.46. The molecule has 0 nitrogen and oxygen atoms in total. The maximum atomic E-state index is 2.54. The Morgan fingerprint density at radius 2 is 1.15 bits per heavy atom. The molecule has 0 aromatic heterocycles. The summed E-state index contributed by atoms with van der Waals surface area (Å²) in [5.74, 6) is 0.161. The number of benzene rings is 6. The van der Waals surface area contributed by atoms with E-state index in [1.165, 1.54) is 111 Å². The van der Waals surface area contributed by atoms with Crippen LogP contribution in [0.5, 0.6) is 0 Å². The first-order valence-corrected chi connectivity index (χ1v) is 16.6. The first-order chi connectivity index (χ1) is 21.6. The van der Waals surface area contributed by atoms with E-state index in [0.29, 0.717) is 0 Å². The molecule has 0 radical (unpaired) electrons. The summed E-state index contributed by atoms with van der Waals surface area (Å²) in [5, 5.41) is 2.75. The molecule has 3 heteroatoms. The third kappa shape index (κ3) is 5.30. The maximum absolute atomic E-state index is 2.54. The van der Waals surface area contributed by atoms with Gasteiger partial charge in [-0.3, -0.25) is 0 Å². The van der Waals surface area contributed by atoms with E-state index in [4.69, 9.17) is 0 Å². The normalized spacial score (nSPS) is 14.0. The zero-order valence-electron chi connectivity index (χ0n) is 25.7. The number of halogens is 2. The van der Waals surface area contributed by atoms with E-state index >= 15 is 0 Å². The Bertz CT molecular complexity index is 2190. The van der Waals surface area contributed by atoms with Crippen LogP contribution in [0.25, 0.3) is 25.6 Å². The smallest absolute Gasteiger partial charge is 1.00 e. The van der Waals surface area contributed by atoms with E-state index in [0.717, 1.165) is 0 Å². The monoisotopic (exact) mass is 707 g/mol. The van der Waals surface area contributed by atoms with E-state index in [2.05, 4.69) is 159 Å². The second kappa shape index (κ2) is 13.2. The Balaban J connectivity index is 0.00000186. The molecule has 0 fully saturated rings. The van der Waals surface area contributed by atoms with Gasteiger partial charge in [0.15, 0.2) is 0 Å². The molecule has 0 spiro atoms. The molecule has 221 valence electrons. The predicted octanol–water partition coefficient (Wildman–Crippen LogP) is 2.82. The zero-order chi connectivity index (χ0) is 29.8. The predicted molar refractivity (Wildman–Crippen MR) is 179 cm³/mol. The van der Waals surface area contributed by atoms with Crippen LogP contribution in [0.2, 0.25) is 0 Å². The van der Waals surface area contributed by atoms with E-state index in [1.807, 2.05) is 0 Å². The van der Waals surface area contributed by atoms with Gasteiger partial charge in [0.2, 0.25) is 0 Å².